The van der Waals surface area contributed by atoms with E-state index in [4.69, 9.17) is 9.26 Å². The second kappa shape index (κ2) is 5.21. The normalized spacial score (nSPS) is 30.6. The molecule has 2 aliphatic rings. The molecule has 5 heteroatoms. The van der Waals surface area contributed by atoms with Crippen LogP contribution in [0.3, 0.4) is 0 Å². The van der Waals surface area contributed by atoms with E-state index in [9.17, 15) is 0 Å². The first-order chi connectivity index (χ1) is 9.23. The zero-order chi connectivity index (χ0) is 13.3. The predicted molar refractivity (Wildman–Crippen MR) is 70.9 cm³/mol. The van der Waals surface area contributed by atoms with Gasteiger partial charge in [-0.2, -0.15) is 4.98 Å². The number of piperidine rings is 1. The highest BCUT2D eigenvalue weighted by Crippen LogP contribution is 2.40. The summed E-state index contributed by atoms with van der Waals surface area (Å²) in [5, 5.41) is 7.66. The van der Waals surface area contributed by atoms with Gasteiger partial charge in [0.1, 0.15) is 5.60 Å². The second-order valence-corrected chi connectivity index (χ2v) is 5.94. The summed E-state index contributed by atoms with van der Waals surface area (Å²) < 4.78 is 11.2. The number of aromatic nitrogens is 2. The SMILES string of the molecule is COC1(c2noc(C3CCNC(C)C3)n2)CCCC1. The van der Waals surface area contributed by atoms with Gasteiger partial charge >= 0.3 is 0 Å². The third-order valence-corrected chi connectivity index (χ3v) is 4.62. The monoisotopic (exact) mass is 265 g/mol. The van der Waals surface area contributed by atoms with E-state index in [2.05, 4.69) is 22.4 Å². The fourth-order valence-electron chi connectivity index (χ4n) is 3.41. The van der Waals surface area contributed by atoms with E-state index >= 15 is 0 Å². The fraction of sp³-hybridized carbons (Fsp3) is 0.857. The van der Waals surface area contributed by atoms with E-state index < -0.39 is 0 Å². The molecule has 1 N–H and O–H groups in total. The molecule has 2 heterocycles. The lowest BCUT2D eigenvalue weighted by Gasteiger charge is -2.25. The average Bonchev–Trinajstić information content (AvgIpc) is 3.08. The molecule has 1 aliphatic heterocycles. The summed E-state index contributed by atoms with van der Waals surface area (Å²) in [5.74, 6) is 1.95. The Balaban J connectivity index is 1.79. The lowest BCUT2D eigenvalue weighted by Crippen LogP contribution is -2.35. The van der Waals surface area contributed by atoms with Crippen LogP contribution < -0.4 is 5.32 Å². The van der Waals surface area contributed by atoms with Crippen molar-refractivity contribution in [1.82, 2.24) is 15.5 Å². The Kier molecular flexibility index (Phi) is 3.58. The molecule has 1 aliphatic carbocycles. The molecule has 2 atom stereocenters. The summed E-state index contributed by atoms with van der Waals surface area (Å²) >= 11 is 0. The van der Waals surface area contributed by atoms with Gasteiger partial charge in [0.15, 0.2) is 0 Å². The maximum Gasteiger partial charge on any atom is 0.229 e. The molecule has 0 bridgehead atoms. The van der Waals surface area contributed by atoms with Crippen LogP contribution in [0, 0.1) is 0 Å². The van der Waals surface area contributed by atoms with Crippen molar-refractivity contribution in [3.63, 3.8) is 0 Å². The average molecular weight is 265 g/mol. The van der Waals surface area contributed by atoms with Crippen molar-refractivity contribution in [2.75, 3.05) is 13.7 Å². The number of nitrogens with one attached hydrogen (secondary N) is 1. The van der Waals surface area contributed by atoms with Gasteiger partial charge in [0, 0.05) is 19.1 Å². The summed E-state index contributed by atoms with van der Waals surface area (Å²) in [5.41, 5.74) is -0.291. The Hall–Kier alpha value is -0.940. The van der Waals surface area contributed by atoms with E-state index in [0.717, 1.165) is 43.9 Å². The molecule has 1 saturated heterocycles. The molecule has 0 aromatic carbocycles. The summed E-state index contributed by atoms with van der Waals surface area (Å²) in [7, 11) is 1.76. The summed E-state index contributed by atoms with van der Waals surface area (Å²) in [4.78, 5) is 4.66. The van der Waals surface area contributed by atoms with Crippen LogP contribution in [0.5, 0.6) is 0 Å². The molecule has 1 aromatic rings. The number of ether oxygens (including phenoxy) is 1. The summed E-state index contributed by atoms with van der Waals surface area (Å²) in [6.45, 7) is 3.23. The molecule has 5 nitrogen and oxygen atoms in total. The van der Waals surface area contributed by atoms with Crippen LogP contribution in [0.15, 0.2) is 4.52 Å². The molecular weight excluding hydrogens is 242 g/mol. The number of methoxy groups -OCH3 is 1. The van der Waals surface area contributed by atoms with E-state index in [1.54, 1.807) is 7.11 Å². The number of rotatable bonds is 3. The van der Waals surface area contributed by atoms with E-state index in [-0.39, 0.29) is 5.60 Å². The van der Waals surface area contributed by atoms with Crippen molar-refractivity contribution in [3.8, 4) is 0 Å². The summed E-state index contributed by atoms with van der Waals surface area (Å²) in [6, 6.07) is 0.525. The molecule has 3 rings (SSSR count). The Morgan fingerprint density at radius 1 is 1.37 bits per heavy atom. The van der Waals surface area contributed by atoms with Gasteiger partial charge in [-0.3, -0.25) is 0 Å². The standard InChI is InChI=1S/C14H23N3O2/c1-10-9-11(5-8-15-10)12-16-13(17-19-12)14(18-2)6-3-4-7-14/h10-11,15H,3-9H2,1-2H3. The lowest BCUT2D eigenvalue weighted by atomic mass is 9.93. The lowest BCUT2D eigenvalue weighted by molar-refractivity contribution is -0.0178. The highest BCUT2D eigenvalue weighted by molar-refractivity contribution is 5.07. The van der Waals surface area contributed by atoms with Gasteiger partial charge < -0.3 is 14.6 Å². The van der Waals surface area contributed by atoms with Gasteiger partial charge in [-0.05, 0) is 52.0 Å². The third-order valence-electron chi connectivity index (χ3n) is 4.62. The molecule has 19 heavy (non-hydrogen) atoms. The summed E-state index contributed by atoms with van der Waals surface area (Å²) in [6.07, 6.45) is 6.52. The van der Waals surface area contributed by atoms with Gasteiger partial charge in [-0.25, -0.2) is 0 Å². The predicted octanol–water partition coefficient (Wildman–Crippen LogP) is 2.34. The van der Waals surface area contributed by atoms with Crippen molar-refractivity contribution in [2.45, 2.75) is 63.0 Å². The maximum atomic E-state index is 5.71. The fourth-order valence-corrected chi connectivity index (χ4v) is 3.41. The molecule has 1 aromatic heterocycles. The number of nitrogens with zero attached hydrogens (tertiary/aromatic N) is 2. The van der Waals surface area contributed by atoms with E-state index in [0.29, 0.717) is 12.0 Å². The van der Waals surface area contributed by atoms with Crippen LogP contribution in [0.4, 0.5) is 0 Å². The van der Waals surface area contributed by atoms with Crippen LogP contribution in [0.25, 0.3) is 0 Å². The van der Waals surface area contributed by atoms with Gasteiger partial charge in [0.25, 0.3) is 0 Å². The molecular formula is C14H23N3O2. The van der Waals surface area contributed by atoms with Crippen molar-refractivity contribution in [3.05, 3.63) is 11.7 Å². The number of hydrogen-bond acceptors (Lipinski definition) is 5. The number of hydrogen-bond donors (Lipinski definition) is 1. The minimum absolute atomic E-state index is 0.291. The molecule has 0 radical (unpaired) electrons. The molecule has 0 spiro atoms. The molecule has 2 fully saturated rings. The quantitative estimate of drug-likeness (QED) is 0.909. The zero-order valence-electron chi connectivity index (χ0n) is 11.8. The van der Waals surface area contributed by atoms with Gasteiger partial charge in [0.2, 0.25) is 11.7 Å². The second-order valence-electron chi connectivity index (χ2n) is 5.94. The van der Waals surface area contributed by atoms with Crippen molar-refractivity contribution < 1.29 is 9.26 Å². The van der Waals surface area contributed by atoms with E-state index in [1.807, 2.05) is 0 Å². The first kappa shape index (κ1) is 13.1. The molecule has 106 valence electrons. The minimum Gasteiger partial charge on any atom is -0.370 e. The molecule has 2 unspecified atom stereocenters. The van der Waals surface area contributed by atoms with Gasteiger partial charge in [-0.1, -0.05) is 5.16 Å². The highest BCUT2D eigenvalue weighted by Gasteiger charge is 2.40. The third kappa shape index (κ3) is 2.41. The van der Waals surface area contributed by atoms with Crippen LogP contribution in [-0.2, 0) is 10.3 Å². The van der Waals surface area contributed by atoms with Crippen LogP contribution in [-0.4, -0.2) is 29.8 Å². The van der Waals surface area contributed by atoms with E-state index in [1.165, 1.54) is 12.8 Å². The smallest absolute Gasteiger partial charge is 0.229 e. The maximum absolute atomic E-state index is 5.71. The van der Waals surface area contributed by atoms with Crippen molar-refractivity contribution >= 4 is 0 Å². The van der Waals surface area contributed by atoms with Crippen molar-refractivity contribution in [1.29, 1.82) is 0 Å². The van der Waals surface area contributed by atoms with Gasteiger partial charge in [-0.15, -0.1) is 0 Å². The largest absolute Gasteiger partial charge is 0.370 e. The van der Waals surface area contributed by atoms with Crippen LogP contribution in [0.2, 0.25) is 0 Å². The Bertz CT molecular complexity index is 426. The molecule has 1 saturated carbocycles. The first-order valence-electron chi connectivity index (χ1n) is 7.36. The van der Waals surface area contributed by atoms with Crippen LogP contribution >= 0.6 is 0 Å². The van der Waals surface area contributed by atoms with Gasteiger partial charge in [0.05, 0.1) is 0 Å². The molecule has 0 amide bonds. The topological polar surface area (TPSA) is 60.2 Å². The Morgan fingerprint density at radius 3 is 2.84 bits per heavy atom. The van der Waals surface area contributed by atoms with Crippen LogP contribution in [0.1, 0.15) is 63.1 Å². The Morgan fingerprint density at radius 2 is 2.16 bits per heavy atom. The Labute approximate surface area is 114 Å². The zero-order valence-corrected chi connectivity index (χ0v) is 11.8. The van der Waals surface area contributed by atoms with Crippen molar-refractivity contribution in [2.24, 2.45) is 0 Å². The highest BCUT2D eigenvalue weighted by atomic mass is 16.5. The minimum atomic E-state index is -0.291. The first-order valence-corrected chi connectivity index (χ1v) is 7.36.